The SMILES string of the molecule is C/C(=C\c1cc([N+](=O)[O-])cc(CCl)c1O)C(=O)O. The number of rotatable bonds is 4. The third kappa shape index (κ3) is 2.98. The van der Waals surface area contributed by atoms with Gasteiger partial charge in [-0.25, -0.2) is 4.79 Å². The lowest BCUT2D eigenvalue weighted by Crippen LogP contribution is -1.97. The molecule has 0 bridgehead atoms. The van der Waals surface area contributed by atoms with Crippen LogP contribution in [0, 0.1) is 10.1 Å². The van der Waals surface area contributed by atoms with Crippen molar-refractivity contribution in [1.29, 1.82) is 0 Å². The molecule has 2 N–H and O–H groups in total. The molecule has 0 atom stereocenters. The first kappa shape index (κ1) is 14.0. The largest absolute Gasteiger partial charge is 0.507 e. The zero-order valence-corrected chi connectivity index (χ0v) is 10.1. The molecular weight excluding hydrogens is 262 g/mol. The Bertz CT molecular complexity index is 538. The molecule has 1 aromatic carbocycles. The molecule has 7 heteroatoms. The summed E-state index contributed by atoms with van der Waals surface area (Å²) in [6.07, 6.45) is 1.15. The Hall–Kier alpha value is -2.08. The molecule has 0 saturated carbocycles. The summed E-state index contributed by atoms with van der Waals surface area (Å²) in [6.45, 7) is 1.32. The molecule has 0 spiro atoms. The van der Waals surface area contributed by atoms with E-state index in [0.29, 0.717) is 0 Å². The van der Waals surface area contributed by atoms with E-state index in [1.165, 1.54) is 6.92 Å². The van der Waals surface area contributed by atoms with E-state index in [-0.39, 0.29) is 34.0 Å². The van der Waals surface area contributed by atoms with E-state index < -0.39 is 10.9 Å². The number of aliphatic carboxylic acids is 1. The Morgan fingerprint density at radius 3 is 2.61 bits per heavy atom. The maximum atomic E-state index is 10.7. The molecule has 0 aromatic heterocycles. The highest BCUT2D eigenvalue weighted by molar-refractivity contribution is 6.17. The number of non-ortho nitro benzene ring substituents is 1. The number of carboxylic acids is 1. The predicted octanol–water partition coefficient (Wildman–Crippen LogP) is 2.53. The van der Waals surface area contributed by atoms with Crippen LogP contribution < -0.4 is 0 Å². The number of nitro benzene ring substituents is 1. The molecule has 0 aliphatic carbocycles. The number of aromatic hydroxyl groups is 1. The average molecular weight is 272 g/mol. The number of carbonyl (C=O) groups is 1. The molecule has 0 aliphatic heterocycles. The third-order valence-corrected chi connectivity index (χ3v) is 2.56. The van der Waals surface area contributed by atoms with Crippen LogP contribution in [0.3, 0.4) is 0 Å². The van der Waals surface area contributed by atoms with E-state index in [1.54, 1.807) is 0 Å². The van der Waals surface area contributed by atoms with Gasteiger partial charge in [0.05, 0.1) is 10.8 Å². The van der Waals surface area contributed by atoms with Crippen molar-refractivity contribution in [2.45, 2.75) is 12.8 Å². The Morgan fingerprint density at radius 2 is 2.17 bits per heavy atom. The standard InChI is InChI=1S/C11H10ClNO5/c1-6(11(15)16)2-7-3-9(13(17)18)4-8(5-12)10(7)14/h2-4,14H,5H2,1H3,(H,15,16)/b6-2+. The highest BCUT2D eigenvalue weighted by atomic mass is 35.5. The van der Waals surface area contributed by atoms with Crippen molar-refractivity contribution in [1.82, 2.24) is 0 Å². The Balaban J connectivity index is 3.43. The minimum atomic E-state index is -1.17. The average Bonchev–Trinajstić information content (AvgIpc) is 2.31. The lowest BCUT2D eigenvalue weighted by molar-refractivity contribution is -0.384. The molecule has 0 heterocycles. The van der Waals surface area contributed by atoms with Crippen molar-refractivity contribution in [2.75, 3.05) is 0 Å². The van der Waals surface area contributed by atoms with Gasteiger partial charge in [-0.15, -0.1) is 11.6 Å². The van der Waals surface area contributed by atoms with Crippen LogP contribution in [0.5, 0.6) is 5.75 Å². The van der Waals surface area contributed by atoms with Crippen molar-refractivity contribution < 1.29 is 19.9 Å². The molecule has 18 heavy (non-hydrogen) atoms. The number of nitrogens with zero attached hydrogens (tertiary/aromatic N) is 1. The van der Waals surface area contributed by atoms with Crippen LogP contribution in [-0.4, -0.2) is 21.1 Å². The van der Waals surface area contributed by atoms with Crippen LogP contribution in [0.1, 0.15) is 18.1 Å². The van der Waals surface area contributed by atoms with Crippen LogP contribution >= 0.6 is 11.6 Å². The second-order valence-electron chi connectivity index (χ2n) is 3.57. The zero-order valence-electron chi connectivity index (χ0n) is 9.38. The summed E-state index contributed by atoms with van der Waals surface area (Å²) in [6, 6.07) is 2.24. The molecule has 96 valence electrons. The number of halogens is 1. The van der Waals surface area contributed by atoms with Gasteiger partial charge >= 0.3 is 5.97 Å². The van der Waals surface area contributed by atoms with Crippen molar-refractivity contribution in [3.05, 3.63) is 38.9 Å². The van der Waals surface area contributed by atoms with E-state index >= 15 is 0 Å². The molecule has 6 nitrogen and oxygen atoms in total. The van der Waals surface area contributed by atoms with Crippen molar-refractivity contribution in [3.8, 4) is 5.75 Å². The first-order chi connectivity index (χ1) is 8.36. The second kappa shape index (κ2) is 5.50. The van der Waals surface area contributed by atoms with Gasteiger partial charge in [-0.3, -0.25) is 10.1 Å². The van der Waals surface area contributed by atoms with Gasteiger partial charge in [0.2, 0.25) is 0 Å². The van der Waals surface area contributed by atoms with E-state index in [9.17, 15) is 20.0 Å². The molecule has 1 aromatic rings. The molecule has 0 fully saturated rings. The minimum absolute atomic E-state index is 0.0497. The lowest BCUT2D eigenvalue weighted by atomic mass is 10.1. The van der Waals surface area contributed by atoms with Gasteiger partial charge in [0.1, 0.15) is 5.75 Å². The summed E-state index contributed by atoms with van der Waals surface area (Å²) < 4.78 is 0. The summed E-state index contributed by atoms with van der Waals surface area (Å²) in [4.78, 5) is 20.7. The van der Waals surface area contributed by atoms with Gasteiger partial charge in [0.15, 0.2) is 0 Å². The summed E-state index contributed by atoms with van der Waals surface area (Å²) >= 11 is 5.56. The molecule has 0 saturated heterocycles. The number of hydrogen-bond donors (Lipinski definition) is 2. The summed E-state index contributed by atoms with van der Waals surface area (Å²) in [5, 5.41) is 29.2. The van der Waals surface area contributed by atoms with Crippen LogP contribution in [0.25, 0.3) is 6.08 Å². The fraction of sp³-hybridized carbons (Fsp3) is 0.182. The number of phenolic OH excluding ortho intramolecular Hbond substituents is 1. The molecule has 0 amide bonds. The predicted molar refractivity (Wildman–Crippen MR) is 65.6 cm³/mol. The summed E-state index contributed by atoms with van der Waals surface area (Å²) in [7, 11) is 0. The fourth-order valence-electron chi connectivity index (χ4n) is 1.31. The molecule has 0 radical (unpaired) electrons. The maximum Gasteiger partial charge on any atom is 0.331 e. The fourth-order valence-corrected chi connectivity index (χ4v) is 1.52. The van der Waals surface area contributed by atoms with Crippen LogP contribution in [0.15, 0.2) is 17.7 Å². The number of phenols is 1. The number of alkyl halides is 1. The van der Waals surface area contributed by atoms with Gasteiger partial charge in [-0.05, 0) is 13.0 Å². The highest BCUT2D eigenvalue weighted by Crippen LogP contribution is 2.31. The molecule has 1 rings (SSSR count). The van der Waals surface area contributed by atoms with Gasteiger partial charge < -0.3 is 10.2 Å². The van der Waals surface area contributed by atoms with Gasteiger partial charge in [0.25, 0.3) is 5.69 Å². The normalized spacial score (nSPS) is 11.3. The summed E-state index contributed by atoms with van der Waals surface area (Å²) in [5.41, 5.74) is -0.0748. The number of benzene rings is 1. The Kier molecular flexibility index (Phi) is 4.28. The van der Waals surface area contributed by atoms with Crippen molar-refractivity contribution in [3.63, 3.8) is 0 Å². The van der Waals surface area contributed by atoms with E-state index in [4.69, 9.17) is 16.7 Å². The van der Waals surface area contributed by atoms with Crippen molar-refractivity contribution in [2.24, 2.45) is 0 Å². The maximum absolute atomic E-state index is 10.7. The quantitative estimate of drug-likeness (QED) is 0.379. The van der Waals surface area contributed by atoms with Crippen molar-refractivity contribution >= 4 is 29.3 Å². The van der Waals surface area contributed by atoms with E-state index in [2.05, 4.69) is 0 Å². The smallest absolute Gasteiger partial charge is 0.331 e. The van der Waals surface area contributed by atoms with Crippen LogP contribution in [-0.2, 0) is 10.7 Å². The topological polar surface area (TPSA) is 101 Å². The van der Waals surface area contributed by atoms with E-state index in [1.807, 2.05) is 0 Å². The second-order valence-corrected chi connectivity index (χ2v) is 3.83. The van der Waals surface area contributed by atoms with Crippen LogP contribution in [0.4, 0.5) is 5.69 Å². The summed E-state index contributed by atoms with van der Waals surface area (Å²) in [5.74, 6) is -1.54. The number of hydrogen-bond acceptors (Lipinski definition) is 4. The molecular formula is C11H10ClNO5. The zero-order chi connectivity index (χ0) is 13.9. The van der Waals surface area contributed by atoms with E-state index in [0.717, 1.165) is 18.2 Å². The highest BCUT2D eigenvalue weighted by Gasteiger charge is 2.15. The molecule has 0 unspecified atom stereocenters. The number of nitro groups is 1. The van der Waals surface area contributed by atoms with Gasteiger partial charge in [-0.2, -0.15) is 0 Å². The Morgan fingerprint density at radius 1 is 1.56 bits per heavy atom. The number of carboxylic acid groups (broad SMARTS) is 1. The minimum Gasteiger partial charge on any atom is -0.507 e. The molecule has 0 aliphatic rings. The third-order valence-electron chi connectivity index (χ3n) is 2.27. The van der Waals surface area contributed by atoms with Gasteiger partial charge in [0, 0.05) is 28.8 Å². The lowest BCUT2D eigenvalue weighted by Gasteiger charge is -2.05. The first-order valence-electron chi connectivity index (χ1n) is 4.84. The first-order valence-corrected chi connectivity index (χ1v) is 5.38. The van der Waals surface area contributed by atoms with Crippen LogP contribution in [0.2, 0.25) is 0 Å². The Labute approximate surface area is 107 Å². The monoisotopic (exact) mass is 271 g/mol. The van der Waals surface area contributed by atoms with Gasteiger partial charge in [-0.1, -0.05) is 0 Å².